The van der Waals surface area contributed by atoms with Crippen molar-refractivity contribution in [1.29, 1.82) is 0 Å². The minimum atomic E-state index is 0.785. The number of aromatic nitrogens is 3. The second-order valence-electron chi connectivity index (χ2n) is 4.99. The summed E-state index contributed by atoms with van der Waals surface area (Å²) in [7, 11) is 3.98. The Labute approximate surface area is 118 Å². The van der Waals surface area contributed by atoms with E-state index in [4.69, 9.17) is 4.98 Å². The molecule has 0 aliphatic rings. The lowest BCUT2D eigenvalue weighted by Crippen LogP contribution is -2.05. The molecule has 0 spiro atoms. The van der Waals surface area contributed by atoms with Crippen LogP contribution in [-0.4, -0.2) is 21.6 Å². The van der Waals surface area contributed by atoms with Gasteiger partial charge in [0.2, 0.25) is 0 Å². The molecule has 0 aliphatic heterocycles. The van der Waals surface area contributed by atoms with Crippen molar-refractivity contribution in [2.24, 2.45) is 7.05 Å². The minimum Gasteiger partial charge on any atom is -0.335 e. The van der Waals surface area contributed by atoms with E-state index in [2.05, 4.69) is 28.0 Å². The van der Waals surface area contributed by atoms with Gasteiger partial charge < -0.3 is 9.88 Å². The Morgan fingerprint density at radius 3 is 2.60 bits per heavy atom. The Kier molecular flexibility index (Phi) is 3.24. The van der Waals surface area contributed by atoms with Gasteiger partial charge in [-0.15, -0.1) is 0 Å². The van der Waals surface area contributed by atoms with Crippen LogP contribution in [0.2, 0.25) is 0 Å². The summed E-state index contributed by atoms with van der Waals surface area (Å²) in [5, 5.41) is 4.35. The van der Waals surface area contributed by atoms with E-state index >= 15 is 0 Å². The highest BCUT2D eigenvalue weighted by Gasteiger charge is 2.13. The Balaban J connectivity index is 2.22. The minimum absolute atomic E-state index is 0.785. The van der Waals surface area contributed by atoms with Gasteiger partial charge in [0.25, 0.3) is 0 Å². The lowest BCUT2D eigenvalue weighted by atomic mass is 10.1. The normalized spacial score (nSPS) is 11.2. The number of nitrogens with zero attached hydrogens (tertiary/aromatic N) is 3. The number of hydrogen-bond donors (Lipinski definition) is 1. The fourth-order valence-electron chi connectivity index (χ4n) is 2.59. The summed E-state index contributed by atoms with van der Waals surface area (Å²) in [4.78, 5) is 9.41. The molecule has 0 aliphatic carbocycles. The maximum atomic E-state index is 4.73. The SMILES string of the molecule is CNCc1cn(C)c2nc(-c3ccccc3)nc(C)c12. The predicted octanol–water partition coefficient (Wildman–Crippen LogP) is 2.66. The molecule has 0 saturated heterocycles. The van der Waals surface area contributed by atoms with E-state index in [9.17, 15) is 0 Å². The van der Waals surface area contributed by atoms with Gasteiger partial charge in [0, 0.05) is 30.7 Å². The fourth-order valence-corrected chi connectivity index (χ4v) is 2.59. The van der Waals surface area contributed by atoms with Gasteiger partial charge in [-0.3, -0.25) is 0 Å². The van der Waals surface area contributed by atoms with Crippen LogP contribution in [0.5, 0.6) is 0 Å². The first-order chi connectivity index (χ1) is 9.70. The lowest BCUT2D eigenvalue weighted by molar-refractivity contribution is 0.815. The number of rotatable bonds is 3. The number of nitrogens with one attached hydrogen (secondary N) is 1. The molecule has 0 bridgehead atoms. The van der Waals surface area contributed by atoms with Crippen LogP contribution in [0.1, 0.15) is 11.3 Å². The highest BCUT2D eigenvalue weighted by Crippen LogP contribution is 2.25. The van der Waals surface area contributed by atoms with Gasteiger partial charge in [-0.25, -0.2) is 9.97 Å². The highest BCUT2D eigenvalue weighted by molar-refractivity contribution is 5.84. The molecule has 0 atom stereocenters. The van der Waals surface area contributed by atoms with Crippen LogP contribution >= 0.6 is 0 Å². The molecule has 0 amide bonds. The molecule has 3 rings (SSSR count). The van der Waals surface area contributed by atoms with Gasteiger partial charge in [0.15, 0.2) is 5.82 Å². The molecule has 2 aromatic heterocycles. The van der Waals surface area contributed by atoms with Gasteiger partial charge in [0.1, 0.15) is 5.65 Å². The van der Waals surface area contributed by atoms with Crippen molar-refractivity contribution >= 4 is 11.0 Å². The lowest BCUT2D eigenvalue weighted by Gasteiger charge is -2.05. The molecular weight excluding hydrogens is 248 g/mol. The van der Waals surface area contributed by atoms with Crippen LogP contribution in [0.4, 0.5) is 0 Å². The average molecular weight is 266 g/mol. The van der Waals surface area contributed by atoms with Gasteiger partial charge in [-0.1, -0.05) is 30.3 Å². The van der Waals surface area contributed by atoms with Crippen LogP contribution in [-0.2, 0) is 13.6 Å². The van der Waals surface area contributed by atoms with E-state index in [0.29, 0.717) is 0 Å². The molecule has 1 N–H and O–H groups in total. The van der Waals surface area contributed by atoms with E-state index in [0.717, 1.165) is 34.7 Å². The molecule has 102 valence electrons. The molecular formula is C16H18N4. The van der Waals surface area contributed by atoms with E-state index in [1.54, 1.807) is 0 Å². The second kappa shape index (κ2) is 5.06. The Morgan fingerprint density at radius 2 is 1.90 bits per heavy atom. The van der Waals surface area contributed by atoms with Crippen molar-refractivity contribution in [2.75, 3.05) is 7.05 Å². The van der Waals surface area contributed by atoms with Crippen molar-refractivity contribution < 1.29 is 0 Å². The maximum Gasteiger partial charge on any atom is 0.161 e. The Bertz CT molecular complexity index is 744. The molecule has 1 aromatic carbocycles. The first-order valence-electron chi connectivity index (χ1n) is 6.73. The molecule has 0 radical (unpaired) electrons. The number of benzene rings is 1. The zero-order valence-electron chi connectivity index (χ0n) is 12.0. The summed E-state index contributed by atoms with van der Waals surface area (Å²) in [5.74, 6) is 0.785. The number of hydrogen-bond acceptors (Lipinski definition) is 3. The summed E-state index contributed by atoms with van der Waals surface area (Å²) in [6.45, 7) is 2.88. The summed E-state index contributed by atoms with van der Waals surface area (Å²) >= 11 is 0. The number of fused-ring (bicyclic) bond motifs is 1. The first kappa shape index (κ1) is 12.8. The molecule has 0 fully saturated rings. The maximum absolute atomic E-state index is 4.73. The van der Waals surface area contributed by atoms with Crippen molar-refractivity contribution in [2.45, 2.75) is 13.5 Å². The molecule has 4 nitrogen and oxygen atoms in total. The quantitative estimate of drug-likeness (QED) is 0.792. The van der Waals surface area contributed by atoms with Gasteiger partial charge >= 0.3 is 0 Å². The van der Waals surface area contributed by atoms with E-state index in [1.807, 2.05) is 44.4 Å². The van der Waals surface area contributed by atoms with Crippen LogP contribution < -0.4 is 5.32 Å². The monoisotopic (exact) mass is 266 g/mol. The predicted molar refractivity (Wildman–Crippen MR) is 81.4 cm³/mol. The molecule has 0 saturated carbocycles. The number of aryl methyl sites for hydroxylation is 2. The third kappa shape index (κ3) is 2.08. The van der Waals surface area contributed by atoms with Crippen LogP contribution in [0.25, 0.3) is 22.4 Å². The smallest absolute Gasteiger partial charge is 0.161 e. The molecule has 3 aromatic rings. The Hall–Kier alpha value is -2.20. The van der Waals surface area contributed by atoms with Crippen molar-refractivity contribution in [3.8, 4) is 11.4 Å². The van der Waals surface area contributed by atoms with Gasteiger partial charge in [-0.2, -0.15) is 0 Å². The van der Waals surface area contributed by atoms with E-state index in [1.165, 1.54) is 5.56 Å². The van der Waals surface area contributed by atoms with E-state index < -0.39 is 0 Å². The largest absolute Gasteiger partial charge is 0.335 e. The summed E-state index contributed by atoms with van der Waals surface area (Å²) in [6.07, 6.45) is 2.12. The zero-order valence-corrected chi connectivity index (χ0v) is 12.0. The standard InChI is InChI=1S/C16H18N4/c1-11-14-13(9-17-2)10-20(3)16(14)19-15(18-11)12-7-5-4-6-8-12/h4-8,10,17H,9H2,1-3H3. The Morgan fingerprint density at radius 1 is 1.15 bits per heavy atom. The molecule has 0 unspecified atom stereocenters. The molecule has 2 heterocycles. The van der Waals surface area contributed by atoms with Crippen LogP contribution in [0, 0.1) is 6.92 Å². The second-order valence-corrected chi connectivity index (χ2v) is 4.99. The molecule has 20 heavy (non-hydrogen) atoms. The summed E-state index contributed by atoms with van der Waals surface area (Å²) in [5.41, 5.74) is 4.30. The summed E-state index contributed by atoms with van der Waals surface area (Å²) < 4.78 is 2.07. The van der Waals surface area contributed by atoms with Crippen molar-refractivity contribution in [3.05, 3.63) is 47.8 Å². The van der Waals surface area contributed by atoms with Gasteiger partial charge in [0.05, 0.1) is 5.69 Å². The van der Waals surface area contributed by atoms with Crippen LogP contribution in [0.15, 0.2) is 36.5 Å². The van der Waals surface area contributed by atoms with E-state index in [-0.39, 0.29) is 0 Å². The fraction of sp³-hybridized carbons (Fsp3) is 0.250. The molecule has 4 heteroatoms. The zero-order chi connectivity index (χ0) is 14.1. The van der Waals surface area contributed by atoms with Crippen LogP contribution in [0.3, 0.4) is 0 Å². The van der Waals surface area contributed by atoms with Gasteiger partial charge in [-0.05, 0) is 19.5 Å². The summed E-state index contributed by atoms with van der Waals surface area (Å²) in [6, 6.07) is 10.1. The first-order valence-corrected chi connectivity index (χ1v) is 6.73. The third-order valence-corrected chi connectivity index (χ3v) is 3.47. The average Bonchev–Trinajstić information content (AvgIpc) is 2.77. The van der Waals surface area contributed by atoms with Crippen molar-refractivity contribution in [3.63, 3.8) is 0 Å². The topological polar surface area (TPSA) is 42.7 Å². The van der Waals surface area contributed by atoms with Crippen molar-refractivity contribution in [1.82, 2.24) is 19.9 Å². The highest BCUT2D eigenvalue weighted by atomic mass is 15.0. The third-order valence-electron chi connectivity index (χ3n) is 3.47.